The predicted molar refractivity (Wildman–Crippen MR) is 72.3 cm³/mol. The molecule has 5 heteroatoms. The van der Waals surface area contributed by atoms with Crippen molar-refractivity contribution in [2.75, 3.05) is 0 Å². The van der Waals surface area contributed by atoms with Gasteiger partial charge in [0.2, 0.25) is 5.89 Å². The van der Waals surface area contributed by atoms with E-state index in [0.29, 0.717) is 24.6 Å². The number of benzene rings is 1. The molecule has 1 heterocycles. The minimum absolute atomic E-state index is 0.225. The van der Waals surface area contributed by atoms with Crippen LogP contribution in [0.25, 0.3) is 0 Å². The second-order valence-corrected chi connectivity index (χ2v) is 5.56. The fraction of sp³-hybridized carbons (Fsp3) is 0.467. The topological polar surface area (TPSA) is 79.4 Å². The Balaban J connectivity index is 1.67. The van der Waals surface area contributed by atoms with Crippen molar-refractivity contribution in [2.45, 2.75) is 44.1 Å². The van der Waals surface area contributed by atoms with Gasteiger partial charge < -0.3 is 14.7 Å². The lowest BCUT2D eigenvalue weighted by Gasteiger charge is -2.19. The Kier molecular flexibility index (Phi) is 3.44. The van der Waals surface area contributed by atoms with Crippen LogP contribution in [-0.2, 0) is 12.8 Å². The lowest BCUT2D eigenvalue weighted by Crippen LogP contribution is -2.27. The molecule has 2 N–H and O–H groups in total. The first-order valence-corrected chi connectivity index (χ1v) is 6.95. The summed E-state index contributed by atoms with van der Waals surface area (Å²) < 4.78 is 5.21. The van der Waals surface area contributed by atoms with Crippen LogP contribution in [0.3, 0.4) is 0 Å². The van der Waals surface area contributed by atoms with Crippen molar-refractivity contribution in [1.29, 1.82) is 0 Å². The molecule has 0 atom stereocenters. The van der Waals surface area contributed by atoms with Crippen molar-refractivity contribution < 1.29 is 14.7 Å². The standard InChI is InChI=1S/C15H18N2O3/c18-12-5-3-4-11(8-12)9-14-16-13(17-20-14)10-15(19)6-1-2-7-15/h3-5,8,18-19H,1-2,6-7,9-10H2. The van der Waals surface area contributed by atoms with Gasteiger partial charge in [0.15, 0.2) is 5.82 Å². The number of phenolic OH excluding ortho intramolecular Hbond substituents is 1. The summed E-state index contributed by atoms with van der Waals surface area (Å²) in [4.78, 5) is 4.32. The third kappa shape index (κ3) is 2.99. The van der Waals surface area contributed by atoms with Gasteiger partial charge in [-0.3, -0.25) is 0 Å². The molecule has 1 aromatic heterocycles. The van der Waals surface area contributed by atoms with E-state index in [0.717, 1.165) is 31.2 Å². The van der Waals surface area contributed by atoms with Crippen LogP contribution in [0.5, 0.6) is 5.75 Å². The van der Waals surface area contributed by atoms with Crippen molar-refractivity contribution in [3.05, 3.63) is 41.5 Å². The van der Waals surface area contributed by atoms with E-state index in [4.69, 9.17) is 4.52 Å². The third-order valence-corrected chi connectivity index (χ3v) is 3.80. The molecule has 0 bridgehead atoms. The SMILES string of the molecule is Oc1cccc(Cc2nc(CC3(O)CCCC3)no2)c1. The molecule has 1 aliphatic carbocycles. The average molecular weight is 274 g/mol. The van der Waals surface area contributed by atoms with E-state index >= 15 is 0 Å². The minimum Gasteiger partial charge on any atom is -0.508 e. The molecule has 3 rings (SSSR count). The highest BCUT2D eigenvalue weighted by Gasteiger charge is 2.32. The van der Waals surface area contributed by atoms with Crippen molar-refractivity contribution in [3.63, 3.8) is 0 Å². The maximum absolute atomic E-state index is 10.3. The number of aromatic nitrogens is 2. The van der Waals surface area contributed by atoms with Crippen LogP contribution in [-0.4, -0.2) is 26.0 Å². The van der Waals surface area contributed by atoms with Crippen LogP contribution < -0.4 is 0 Å². The van der Waals surface area contributed by atoms with Gasteiger partial charge in [-0.2, -0.15) is 4.98 Å². The number of hydrogen-bond donors (Lipinski definition) is 2. The van der Waals surface area contributed by atoms with Gasteiger partial charge in [0.1, 0.15) is 5.75 Å². The van der Waals surface area contributed by atoms with Crippen LogP contribution in [0.15, 0.2) is 28.8 Å². The summed E-state index contributed by atoms with van der Waals surface area (Å²) in [6, 6.07) is 6.98. The summed E-state index contributed by atoms with van der Waals surface area (Å²) >= 11 is 0. The average Bonchev–Trinajstić information content (AvgIpc) is 3.00. The summed E-state index contributed by atoms with van der Waals surface area (Å²) in [5.41, 5.74) is 0.256. The summed E-state index contributed by atoms with van der Waals surface area (Å²) in [7, 11) is 0. The number of nitrogens with zero attached hydrogens (tertiary/aromatic N) is 2. The summed E-state index contributed by atoms with van der Waals surface area (Å²) in [5, 5.41) is 23.7. The molecule has 106 valence electrons. The fourth-order valence-electron chi connectivity index (χ4n) is 2.78. The van der Waals surface area contributed by atoms with E-state index in [1.54, 1.807) is 18.2 Å². The van der Waals surface area contributed by atoms with Gasteiger partial charge in [0.25, 0.3) is 0 Å². The van der Waals surface area contributed by atoms with Gasteiger partial charge >= 0.3 is 0 Å². The highest BCUT2D eigenvalue weighted by Crippen LogP contribution is 2.31. The predicted octanol–water partition coefficient (Wildman–Crippen LogP) is 2.21. The second-order valence-electron chi connectivity index (χ2n) is 5.56. The zero-order valence-corrected chi connectivity index (χ0v) is 11.2. The van der Waals surface area contributed by atoms with Crippen LogP contribution >= 0.6 is 0 Å². The summed E-state index contributed by atoms with van der Waals surface area (Å²) in [5.74, 6) is 1.29. The first-order valence-electron chi connectivity index (χ1n) is 6.95. The molecular weight excluding hydrogens is 256 g/mol. The summed E-state index contributed by atoms with van der Waals surface area (Å²) in [6.45, 7) is 0. The number of rotatable bonds is 4. The Bertz CT molecular complexity index is 588. The van der Waals surface area contributed by atoms with Crippen LogP contribution in [0.2, 0.25) is 0 Å². The minimum atomic E-state index is -0.661. The fourth-order valence-corrected chi connectivity index (χ4v) is 2.78. The molecule has 0 spiro atoms. The molecular formula is C15H18N2O3. The third-order valence-electron chi connectivity index (χ3n) is 3.80. The Labute approximate surface area is 117 Å². The number of hydrogen-bond acceptors (Lipinski definition) is 5. The van der Waals surface area contributed by atoms with E-state index in [-0.39, 0.29) is 5.75 Å². The quantitative estimate of drug-likeness (QED) is 0.893. The second kappa shape index (κ2) is 5.25. The lowest BCUT2D eigenvalue weighted by atomic mass is 9.98. The molecule has 0 amide bonds. The molecule has 0 unspecified atom stereocenters. The van der Waals surface area contributed by atoms with E-state index in [9.17, 15) is 10.2 Å². The highest BCUT2D eigenvalue weighted by atomic mass is 16.5. The van der Waals surface area contributed by atoms with Gasteiger partial charge in [-0.15, -0.1) is 0 Å². The van der Waals surface area contributed by atoms with Gasteiger partial charge in [0.05, 0.1) is 12.0 Å². The Morgan fingerprint density at radius 1 is 1.25 bits per heavy atom. The number of phenols is 1. The van der Waals surface area contributed by atoms with E-state index in [1.807, 2.05) is 6.07 Å². The van der Waals surface area contributed by atoms with Gasteiger partial charge in [-0.1, -0.05) is 30.1 Å². The molecule has 20 heavy (non-hydrogen) atoms. The molecule has 1 aliphatic rings. The monoisotopic (exact) mass is 274 g/mol. The highest BCUT2D eigenvalue weighted by molar-refractivity contribution is 5.28. The van der Waals surface area contributed by atoms with Crippen molar-refractivity contribution in [3.8, 4) is 5.75 Å². The van der Waals surface area contributed by atoms with Crippen molar-refractivity contribution >= 4 is 0 Å². The largest absolute Gasteiger partial charge is 0.508 e. The number of aromatic hydroxyl groups is 1. The molecule has 0 aliphatic heterocycles. The summed E-state index contributed by atoms with van der Waals surface area (Å²) in [6.07, 6.45) is 4.68. The lowest BCUT2D eigenvalue weighted by molar-refractivity contribution is 0.0456. The Morgan fingerprint density at radius 2 is 2.05 bits per heavy atom. The van der Waals surface area contributed by atoms with Crippen LogP contribution in [0, 0.1) is 0 Å². The van der Waals surface area contributed by atoms with Crippen molar-refractivity contribution in [2.24, 2.45) is 0 Å². The molecule has 2 aromatic rings. The maximum Gasteiger partial charge on any atom is 0.231 e. The molecule has 0 radical (unpaired) electrons. The molecule has 1 saturated carbocycles. The molecule has 5 nitrogen and oxygen atoms in total. The van der Waals surface area contributed by atoms with E-state index in [2.05, 4.69) is 10.1 Å². The van der Waals surface area contributed by atoms with E-state index < -0.39 is 5.60 Å². The van der Waals surface area contributed by atoms with E-state index in [1.165, 1.54) is 0 Å². The number of aliphatic hydroxyl groups is 1. The Hall–Kier alpha value is -1.88. The molecule has 1 aromatic carbocycles. The maximum atomic E-state index is 10.3. The van der Waals surface area contributed by atoms with Crippen LogP contribution in [0.1, 0.15) is 43.0 Å². The zero-order chi connectivity index (χ0) is 14.0. The normalized spacial score (nSPS) is 17.4. The van der Waals surface area contributed by atoms with Crippen molar-refractivity contribution in [1.82, 2.24) is 10.1 Å². The first-order chi connectivity index (χ1) is 9.63. The zero-order valence-electron chi connectivity index (χ0n) is 11.2. The Morgan fingerprint density at radius 3 is 2.80 bits per heavy atom. The molecule has 1 fully saturated rings. The van der Waals surface area contributed by atoms with Gasteiger partial charge in [0, 0.05) is 6.42 Å². The molecule has 0 saturated heterocycles. The smallest absolute Gasteiger partial charge is 0.231 e. The van der Waals surface area contributed by atoms with Crippen LogP contribution in [0.4, 0.5) is 0 Å². The first kappa shape index (κ1) is 13.1. The van der Waals surface area contributed by atoms with Gasteiger partial charge in [-0.25, -0.2) is 0 Å². The van der Waals surface area contributed by atoms with Gasteiger partial charge in [-0.05, 0) is 30.5 Å².